The van der Waals surface area contributed by atoms with Gasteiger partial charge in [-0.15, -0.1) is 11.8 Å². The SMILES string of the molecule is CCCCCCC(=O)CSc1ccccc1F. The molecule has 94 valence electrons. The second-order valence-electron chi connectivity index (χ2n) is 4.07. The molecule has 1 aromatic carbocycles. The third-order valence-corrected chi connectivity index (χ3v) is 3.64. The number of Topliss-reactive ketones (excluding diaryl/α,β-unsaturated/α-hetero) is 1. The van der Waals surface area contributed by atoms with Crippen molar-refractivity contribution in [2.75, 3.05) is 5.75 Å². The Bertz CT molecular complexity index is 352. The van der Waals surface area contributed by atoms with E-state index in [2.05, 4.69) is 6.92 Å². The van der Waals surface area contributed by atoms with Gasteiger partial charge >= 0.3 is 0 Å². The van der Waals surface area contributed by atoms with Gasteiger partial charge < -0.3 is 0 Å². The Morgan fingerprint density at radius 1 is 1.24 bits per heavy atom. The van der Waals surface area contributed by atoms with Crippen molar-refractivity contribution >= 4 is 17.5 Å². The average Bonchev–Trinajstić information content (AvgIpc) is 2.34. The molecule has 0 saturated carbocycles. The summed E-state index contributed by atoms with van der Waals surface area (Å²) in [6.07, 6.45) is 5.07. The van der Waals surface area contributed by atoms with E-state index in [1.807, 2.05) is 0 Å². The van der Waals surface area contributed by atoms with Crippen molar-refractivity contribution in [1.29, 1.82) is 0 Å². The summed E-state index contributed by atoms with van der Waals surface area (Å²) in [6, 6.07) is 6.58. The van der Waals surface area contributed by atoms with Crippen LogP contribution in [0, 0.1) is 5.82 Å². The molecule has 0 radical (unpaired) electrons. The molecule has 0 aromatic heterocycles. The number of carbonyl (C=O) groups is 1. The quantitative estimate of drug-likeness (QED) is 0.503. The summed E-state index contributed by atoms with van der Waals surface area (Å²) in [7, 11) is 0. The van der Waals surface area contributed by atoms with Gasteiger partial charge in [0.2, 0.25) is 0 Å². The normalized spacial score (nSPS) is 10.5. The highest BCUT2D eigenvalue weighted by Gasteiger charge is 2.06. The van der Waals surface area contributed by atoms with Crippen molar-refractivity contribution in [3.8, 4) is 0 Å². The first-order chi connectivity index (χ1) is 8.24. The molecule has 0 amide bonds. The summed E-state index contributed by atoms with van der Waals surface area (Å²) in [4.78, 5) is 12.1. The lowest BCUT2D eigenvalue weighted by Crippen LogP contribution is -2.01. The van der Waals surface area contributed by atoms with Crippen molar-refractivity contribution in [3.05, 3.63) is 30.1 Å². The van der Waals surface area contributed by atoms with Crippen LogP contribution < -0.4 is 0 Å². The molecule has 0 bridgehead atoms. The predicted octanol–water partition coefficient (Wildman–Crippen LogP) is 4.46. The minimum absolute atomic E-state index is 0.217. The molecule has 1 aromatic rings. The smallest absolute Gasteiger partial charge is 0.143 e. The molecule has 3 heteroatoms. The van der Waals surface area contributed by atoms with Crippen LogP contribution in [0.3, 0.4) is 0 Å². The van der Waals surface area contributed by atoms with E-state index < -0.39 is 0 Å². The number of halogens is 1. The standard InChI is InChI=1S/C14H19FOS/c1-2-3-4-5-8-12(16)11-17-14-10-7-6-9-13(14)15/h6-7,9-10H,2-5,8,11H2,1H3. The molecule has 0 aliphatic rings. The Kier molecular flexibility index (Phi) is 6.94. The van der Waals surface area contributed by atoms with Crippen LogP contribution in [-0.4, -0.2) is 11.5 Å². The minimum atomic E-state index is -0.240. The van der Waals surface area contributed by atoms with Crippen molar-refractivity contribution in [1.82, 2.24) is 0 Å². The molecule has 0 atom stereocenters. The van der Waals surface area contributed by atoms with E-state index in [9.17, 15) is 9.18 Å². The summed E-state index contributed by atoms with van der Waals surface area (Å²) in [5, 5.41) is 0. The lowest BCUT2D eigenvalue weighted by atomic mass is 10.1. The Morgan fingerprint density at radius 3 is 2.71 bits per heavy atom. The highest BCUT2D eigenvalue weighted by molar-refractivity contribution is 8.00. The number of benzene rings is 1. The number of thioether (sulfide) groups is 1. The van der Waals surface area contributed by atoms with Gasteiger partial charge in [0.05, 0.1) is 5.75 Å². The Balaban J connectivity index is 2.22. The average molecular weight is 254 g/mol. The van der Waals surface area contributed by atoms with Crippen LogP contribution >= 0.6 is 11.8 Å². The minimum Gasteiger partial charge on any atom is -0.299 e. The third kappa shape index (κ3) is 5.87. The van der Waals surface area contributed by atoms with Crippen LogP contribution in [0.4, 0.5) is 4.39 Å². The third-order valence-electron chi connectivity index (χ3n) is 2.53. The Morgan fingerprint density at radius 2 is 2.00 bits per heavy atom. The number of carbonyl (C=O) groups excluding carboxylic acids is 1. The molecule has 0 spiro atoms. The zero-order chi connectivity index (χ0) is 12.5. The fourth-order valence-electron chi connectivity index (χ4n) is 1.54. The Labute approximate surface area is 107 Å². The number of hydrogen-bond donors (Lipinski definition) is 0. The maximum Gasteiger partial charge on any atom is 0.143 e. The summed E-state index contributed by atoms with van der Waals surface area (Å²) < 4.78 is 13.3. The van der Waals surface area contributed by atoms with E-state index in [4.69, 9.17) is 0 Å². The van der Waals surface area contributed by atoms with Crippen molar-refractivity contribution in [2.24, 2.45) is 0 Å². The monoisotopic (exact) mass is 254 g/mol. The van der Waals surface area contributed by atoms with E-state index in [0.717, 1.165) is 12.8 Å². The summed E-state index contributed by atoms with van der Waals surface area (Å²) in [6.45, 7) is 2.15. The molecule has 0 N–H and O–H groups in total. The van der Waals surface area contributed by atoms with E-state index >= 15 is 0 Å². The molecule has 0 unspecified atom stereocenters. The molecule has 0 fully saturated rings. The van der Waals surface area contributed by atoms with Gasteiger partial charge in [0.25, 0.3) is 0 Å². The molecule has 1 nitrogen and oxygen atoms in total. The molecule has 0 saturated heterocycles. The first-order valence-electron chi connectivity index (χ1n) is 6.13. The maximum absolute atomic E-state index is 13.3. The van der Waals surface area contributed by atoms with E-state index in [1.165, 1.54) is 30.7 Å². The molecule has 1 rings (SSSR count). The summed E-state index contributed by atoms with van der Waals surface area (Å²) in [5.41, 5.74) is 0. The zero-order valence-corrected chi connectivity index (χ0v) is 11.1. The van der Waals surface area contributed by atoms with Crippen molar-refractivity contribution in [2.45, 2.75) is 43.9 Å². The maximum atomic E-state index is 13.3. The van der Waals surface area contributed by atoms with Crippen molar-refractivity contribution < 1.29 is 9.18 Å². The molecule has 0 heterocycles. The summed E-state index contributed by atoms with van der Waals surface area (Å²) >= 11 is 1.29. The van der Waals surface area contributed by atoms with Gasteiger partial charge in [0.1, 0.15) is 11.6 Å². The van der Waals surface area contributed by atoms with Gasteiger partial charge in [-0.25, -0.2) is 4.39 Å². The first-order valence-corrected chi connectivity index (χ1v) is 7.11. The number of unbranched alkanes of at least 4 members (excludes halogenated alkanes) is 3. The molecular weight excluding hydrogens is 235 g/mol. The van der Waals surface area contributed by atoms with Gasteiger partial charge in [0, 0.05) is 11.3 Å². The van der Waals surface area contributed by atoms with Crippen LogP contribution in [-0.2, 0) is 4.79 Å². The molecule has 17 heavy (non-hydrogen) atoms. The second-order valence-corrected chi connectivity index (χ2v) is 5.09. The lowest BCUT2D eigenvalue weighted by molar-refractivity contribution is -0.116. The molecule has 0 aliphatic heterocycles. The van der Waals surface area contributed by atoms with E-state index in [-0.39, 0.29) is 11.6 Å². The largest absolute Gasteiger partial charge is 0.299 e. The van der Waals surface area contributed by atoms with Crippen LogP contribution in [0.15, 0.2) is 29.2 Å². The second kappa shape index (κ2) is 8.29. The fourth-order valence-corrected chi connectivity index (χ4v) is 2.38. The predicted molar refractivity (Wildman–Crippen MR) is 70.9 cm³/mol. The van der Waals surface area contributed by atoms with Crippen LogP contribution in [0.2, 0.25) is 0 Å². The number of hydrogen-bond acceptors (Lipinski definition) is 2. The van der Waals surface area contributed by atoms with Gasteiger partial charge in [-0.3, -0.25) is 4.79 Å². The van der Waals surface area contributed by atoms with Gasteiger partial charge in [-0.1, -0.05) is 38.3 Å². The Hall–Kier alpha value is -0.830. The van der Waals surface area contributed by atoms with Crippen LogP contribution in [0.5, 0.6) is 0 Å². The van der Waals surface area contributed by atoms with Gasteiger partial charge in [-0.2, -0.15) is 0 Å². The van der Waals surface area contributed by atoms with E-state index in [0.29, 0.717) is 17.1 Å². The topological polar surface area (TPSA) is 17.1 Å². The number of rotatable bonds is 8. The van der Waals surface area contributed by atoms with Crippen molar-refractivity contribution in [3.63, 3.8) is 0 Å². The lowest BCUT2D eigenvalue weighted by Gasteiger charge is -2.02. The van der Waals surface area contributed by atoms with Gasteiger partial charge in [0.15, 0.2) is 0 Å². The molecule has 0 aliphatic carbocycles. The first kappa shape index (κ1) is 14.2. The number of ketones is 1. The van der Waals surface area contributed by atoms with Crippen LogP contribution in [0.1, 0.15) is 39.0 Å². The summed E-state index contributed by atoms with van der Waals surface area (Å²) in [5.74, 6) is 0.359. The highest BCUT2D eigenvalue weighted by Crippen LogP contribution is 2.21. The van der Waals surface area contributed by atoms with E-state index in [1.54, 1.807) is 18.2 Å². The fraction of sp³-hybridized carbons (Fsp3) is 0.500. The highest BCUT2D eigenvalue weighted by atomic mass is 32.2. The van der Waals surface area contributed by atoms with Gasteiger partial charge in [-0.05, 0) is 18.6 Å². The van der Waals surface area contributed by atoms with Crippen LogP contribution in [0.25, 0.3) is 0 Å². The zero-order valence-electron chi connectivity index (χ0n) is 10.2. The molecular formula is C14H19FOS.